The van der Waals surface area contributed by atoms with Gasteiger partial charge in [-0.05, 0) is 29.7 Å². The molecule has 1 heterocycles. The number of halogens is 1. The van der Waals surface area contributed by atoms with Crippen molar-refractivity contribution >= 4 is 23.5 Å². The van der Waals surface area contributed by atoms with Crippen LogP contribution in [0.25, 0.3) is 0 Å². The average molecular weight is 403 g/mol. The van der Waals surface area contributed by atoms with Crippen LogP contribution in [0.4, 0.5) is 0 Å². The van der Waals surface area contributed by atoms with E-state index >= 15 is 0 Å². The molecule has 1 saturated heterocycles. The SMILES string of the molecule is COc1ccc(CN2CC(=O)N[C@@H](Cc3ccccc3)C(Cl)[C@@H]2C(=O)O)cc1. The lowest BCUT2D eigenvalue weighted by atomic mass is 9.98. The molecule has 3 rings (SSSR count). The molecule has 2 aromatic rings. The molecule has 0 aromatic heterocycles. The quantitative estimate of drug-likeness (QED) is 0.725. The molecular formula is C21H23ClN2O4. The van der Waals surface area contributed by atoms with E-state index in [-0.39, 0.29) is 12.5 Å². The van der Waals surface area contributed by atoms with Gasteiger partial charge in [0, 0.05) is 6.54 Å². The molecule has 1 fully saturated rings. The van der Waals surface area contributed by atoms with E-state index in [1.807, 2.05) is 42.5 Å². The molecule has 0 aliphatic carbocycles. The molecule has 6 nitrogen and oxygen atoms in total. The molecule has 1 unspecified atom stereocenters. The predicted octanol–water partition coefficient (Wildman–Crippen LogP) is 2.30. The summed E-state index contributed by atoms with van der Waals surface area (Å²) in [5.74, 6) is -0.558. The van der Waals surface area contributed by atoms with Crippen molar-refractivity contribution in [2.75, 3.05) is 13.7 Å². The number of aliphatic carboxylic acids is 1. The molecule has 0 radical (unpaired) electrons. The van der Waals surface area contributed by atoms with Gasteiger partial charge in [0.2, 0.25) is 5.91 Å². The Morgan fingerprint density at radius 3 is 2.46 bits per heavy atom. The number of nitrogens with zero attached hydrogens (tertiary/aromatic N) is 1. The highest BCUT2D eigenvalue weighted by molar-refractivity contribution is 6.23. The summed E-state index contributed by atoms with van der Waals surface area (Å²) in [4.78, 5) is 26.1. The van der Waals surface area contributed by atoms with Gasteiger partial charge in [0.05, 0.1) is 25.1 Å². The lowest BCUT2D eigenvalue weighted by Crippen LogP contribution is -2.50. The van der Waals surface area contributed by atoms with E-state index in [9.17, 15) is 14.7 Å². The van der Waals surface area contributed by atoms with Crippen LogP contribution in [0.3, 0.4) is 0 Å². The number of methoxy groups -OCH3 is 1. The molecule has 1 amide bonds. The van der Waals surface area contributed by atoms with E-state index in [2.05, 4.69) is 5.32 Å². The van der Waals surface area contributed by atoms with Crippen LogP contribution in [0.5, 0.6) is 5.75 Å². The molecule has 0 spiro atoms. The Balaban J connectivity index is 1.82. The Hall–Kier alpha value is -2.57. The minimum Gasteiger partial charge on any atom is -0.497 e. The third kappa shape index (κ3) is 4.82. The second-order valence-electron chi connectivity index (χ2n) is 6.84. The number of nitrogens with one attached hydrogen (secondary N) is 1. The summed E-state index contributed by atoms with van der Waals surface area (Å²) in [6.07, 6.45) is 0.473. The second-order valence-corrected chi connectivity index (χ2v) is 7.35. The van der Waals surface area contributed by atoms with Crippen molar-refractivity contribution in [1.29, 1.82) is 0 Å². The number of carboxylic acid groups (broad SMARTS) is 1. The van der Waals surface area contributed by atoms with Crippen LogP contribution in [-0.2, 0) is 22.6 Å². The van der Waals surface area contributed by atoms with Crippen LogP contribution in [0, 0.1) is 0 Å². The van der Waals surface area contributed by atoms with E-state index in [1.54, 1.807) is 24.1 Å². The van der Waals surface area contributed by atoms with E-state index in [0.29, 0.717) is 18.7 Å². The van der Waals surface area contributed by atoms with Crippen molar-refractivity contribution in [3.63, 3.8) is 0 Å². The van der Waals surface area contributed by atoms with Gasteiger partial charge in [0.25, 0.3) is 0 Å². The number of carboxylic acids is 1. The molecule has 1 aliphatic heterocycles. The molecule has 2 aromatic carbocycles. The molecule has 0 saturated carbocycles. The van der Waals surface area contributed by atoms with Crippen molar-refractivity contribution in [2.24, 2.45) is 0 Å². The van der Waals surface area contributed by atoms with Crippen molar-refractivity contribution < 1.29 is 19.4 Å². The number of carbonyl (C=O) groups is 2. The van der Waals surface area contributed by atoms with Crippen LogP contribution in [-0.4, -0.2) is 53.0 Å². The zero-order chi connectivity index (χ0) is 20.1. The van der Waals surface area contributed by atoms with E-state index < -0.39 is 23.4 Å². The van der Waals surface area contributed by atoms with Gasteiger partial charge >= 0.3 is 5.97 Å². The summed E-state index contributed by atoms with van der Waals surface area (Å²) in [7, 11) is 1.58. The Bertz CT molecular complexity index is 813. The molecule has 2 N–H and O–H groups in total. The van der Waals surface area contributed by atoms with Gasteiger partial charge in [-0.15, -0.1) is 11.6 Å². The summed E-state index contributed by atoms with van der Waals surface area (Å²) in [6.45, 7) is 0.271. The first-order valence-electron chi connectivity index (χ1n) is 9.05. The van der Waals surface area contributed by atoms with E-state index in [4.69, 9.17) is 16.3 Å². The van der Waals surface area contributed by atoms with Gasteiger partial charge in [0.15, 0.2) is 0 Å². The summed E-state index contributed by atoms with van der Waals surface area (Å²) >= 11 is 6.61. The van der Waals surface area contributed by atoms with Crippen molar-refractivity contribution in [3.8, 4) is 5.75 Å². The highest BCUT2D eigenvalue weighted by Gasteiger charge is 2.41. The maximum atomic E-state index is 12.5. The predicted molar refractivity (Wildman–Crippen MR) is 107 cm³/mol. The maximum absolute atomic E-state index is 12.5. The molecule has 7 heteroatoms. The van der Waals surface area contributed by atoms with Gasteiger partial charge < -0.3 is 15.2 Å². The highest BCUT2D eigenvalue weighted by atomic mass is 35.5. The van der Waals surface area contributed by atoms with Gasteiger partial charge in [-0.25, -0.2) is 0 Å². The number of rotatable bonds is 6. The maximum Gasteiger partial charge on any atom is 0.322 e. The zero-order valence-corrected chi connectivity index (χ0v) is 16.3. The van der Waals surface area contributed by atoms with Crippen LogP contribution in [0.15, 0.2) is 54.6 Å². The Morgan fingerprint density at radius 2 is 1.86 bits per heavy atom. The Morgan fingerprint density at radius 1 is 1.18 bits per heavy atom. The minimum absolute atomic E-state index is 0.0303. The standard InChI is InChI=1S/C21H23ClN2O4/c1-28-16-9-7-15(8-10-16)12-24-13-18(25)23-17(19(22)20(24)21(26)27)11-14-5-3-2-4-6-14/h2-10,17,19-20H,11-13H2,1H3,(H,23,25)(H,26,27)/t17-,19?,20+/m0/s1. The third-order valence-electron chi connectivity index (χ3n) is 4.87. The molecule has 1 aliphatic rings. The molecular weight excluding hydrogens is 380 g/mol. The number of benzene rings is 2. The fourth-order valence-electron chi connectivity index (χ4n) is 3.48. The number of ether oxygens (including phenoxy) is 1. The summed E-state index contributed by atoms with van der Waals surface area (Å²) < 4.78 is 5.15. The zero-order valence-electron chi connectivity index (χ0n) is 15.5. The number of alkyl halides is 1. The Kier molecular flexibility index (Phi) is 6.54. The normalized spacial score (nSPS) is 22.9. The lowest BCUT2D eigenvalue weighted by molar-refractivity contribution is -0.143. The largest absolute Gasteiger partial charge is 0.497 e. The summed E-state index contributed by atoms with van der Waals surface area (Å²) in [5, 5.41) is 12.0. The van der Waals surface area contributed by atoms with E-state index in [1.165, 1.54) is 0 Å². The molecule has 28 heavy (non-hydrogen) atoms. The number of hydrogen-bond donors (Lipinski definition) is 2. The molecule has 0 bridgehead atoms. The van der Waals surface area contributed by atoms with E-state index in [0.717, 1.165) is 11.1 Å². The van der Waals surface area contributed by atoms with Crippen LogP contribution in [0.2, 0.25) is 0 Å². The fraction of sp³-hybridized carbons (Fsp3) is 0.333. The summed E-state index contributed by atoms with van der Waals surface area (Å²) in [6, 6.07) is 15.4. The lowest BCUT2D eigenvalue weighted by Gasteiger charge is -2.30. The summed E-state index contributed by atoms with van der Waals surface area (Å²) in [5.41, 5.74) is 1.87. The van der Waals surface area contributed by atoms with Crippen LogP contribution in [0.1, 0.15) is 11.1 Å². The van der Waals surface area contributed by atoms with Gasteiger partial charge in [-0.1, -0.05) is 42.5 Å². The molecule has 148 valence electrons. The third-order valence-corrected chi connectivity index (χ3v) is 5.41. The number of hydrogen-bond acceptors (Lipinski definition) is 4. The average Bonchev–Trinajstić information content (AvgIpc) is 2.79. The fourth-order valence-corrected chi connectivity index (χ4v) is 3.90. The van der Waals surface area contributed by atoms with Crippen molar-refractivity contribution in [1.82, 2.24) is 10.2 Å². The number of carbonyl (C=O) groups excluding carboxylic acids is 1. The highest BCUT2D eigenvalue weighted by Crippen LogP contribution is 2.23. The van der Waals surface area contributed by atoms with Crippen molar-refractivity contribution in [3.05, 3.63) is 65.7 Å². The van der Waals surface area contributed by atoms with Crippen LogP contribution < -0.4 is 10.1 Å². The molecule has 3 atom stereocenters. The Labute approximate surface area is 169 Å². The minimum atomic E-state index is -1.04. The van der Waals surface area contributed by atoms with Crippen LogP contribution >= 0.6 is 11.6 Å². The second kappa shape index (κ2) is 9.08. The smallest absolute Gasteiger partial charge is 0.322 e. The number of amides is 1. The van der Waals surface area contributed by atoms with Gasteiger partial charge in [0.1, 0.15) is 11.8 Å². The monoisotopic (exact) mass is 402 g/mol. The first kappa shape index (κ1) is 20.2. The first-order valence-corrected chi connectivity index (χ1v) is 9.48. The topological polar surface area (TPSA) is 78.9 Å². The van der Waals surface area contributed by atoms with Gasteiger partial charge in [-0.3, -0.25) is 14.5 Å². The van der Waals surface area contributed by atoms with Gasteiger partial charge in [-0.2, -0.15) is 0 Å². The first-order chi connectivity index (χ1) is 13.5. The van der Waals surface area contributed by atoms with Crippen molar-refractivity contribution in [2.45, 2.75) is 30.4 Å².